The fraction of sp³-hybridized carbons (Fsp3) is 0.286. The molecule has 0 unspecified atom stereocenters. The maximum absolute atomic E-state index is 13.6. The molecule has 1 heterocycles. The number of piperazine rings is 1. The summed E-state index contributed by atoms with van der Waals surface area (Å²) < 4.78 is 40.8. The van der Waals surface area contributed by atoms with Crippen molar-refractivity contribution < 1.29 is 22.9 Å². The molecule has 1 aliphatic heterocycles. The highest BCUT2D eigenvalue weighted by Crippen LogP contribution is 2.37. The van der Waals surface area contributed by atoms with Crippen molar-refractivity contribution in [3.63, 3.8) is 0 Å². The fourth-order valence-corrected chi connectivity index (χ4v) is 3.19. The number of nitro groups is 1. The topological polar surface area (TPSA) is 78.7 Å². The molecule has 1 aliphatic rings. The number of hydrogen-bond acceptors (Lipinski definition) is 5. The largest absolute Gasteiger partial charge is 0.418 e. The van der Waals surface area contributed by atoms with Crippen molar-refractivity contribution in [2.45, 2.75) is 6.18 Å². The molecule has 31 heavy (non-hydrogen) atoms. The molecular formula is C21H21F3N4O3. The van der Waals surface area contributed by atoms with Gasteiger partial charge in [0, 0.05) is 50.1 Å². The third kappa shape index (κ3) is 5.82. The maximum Gasteiger partial charge on any atom is 0.418 e. The number of likely N-dealkylation sites (N-methyl/N-ethyl adjacent to an activating group) is 1. The first kappa shape index (κ1) is 22.3. The number of non-ortho nitro benzene ring substituents is 1. The van der Waals surface area contributed by atoms with Crippen LogP contribution in [0.3, 0.4) is 0 Å². The average Bonchev–Trinajstić information content (AvgIpc) is 2.72. The SMILES string of the molecule is CN1CCN(c2ccc(NC(=O)/C=C/c3ccc([N+](=O)[O-])cc3)c(C(F)(F)F)c2)CC1. The Hall–Kier alpha value is -3.40. The van der Waals surface area contributed by atoms with Gasteiger partial charge in [0.1, 0.15) is 0 Å². The van der Waals surface area contributed by atoms with Gasteiger partial charge in [-0.15, -0.1) is 0 Å². The van der Waals surface area contributed by atoms with E-state index in [9.17, 15) is 28.1 Å². The molecule has 1 fully saturated rings. The van der Waals surface area contributed by atoms with E-state index in [-0.39, 0.29) is 11.4 Å². The monoisotopic (exact) mass is 434 g/mol. The molecule has 0 aliphatic carbocycles. The van der Waals surface area contributed by atoms with E-state index >= 15 is 0 Å². The highest BCUT2D eigenvalue weighted by molar-refractivity contribution is 6.02. The second kappa shape index (κ2) is 9.17. The van der Waals surface area contributed by atoms with Gasteiger partial charge in [0.15, 0.2) is 0 Å². The lowest BCUT2D eigenvalue weighted by Crippen LogP contribution is -2.44. The Morgan fingerprint density at radius 2 is 1.74 bits per heavy atom. The first-order chi connectivity index (χ1) is 14.6. The summed E-state index contributed by atoms with van der Waals surface area (Å²) in [7, 11) is 1.96. The molecule has 1 amide bonds. The number of nitrogens with zero attached hydrogens (tertiary/aromatic N) is 3. The standard InChI is InChI=1S/C21H21F3N4O3/c1-26-10-12-27(13-11-26)17-7-8-19(18(14-17)21(22,23)24)25-20(29)9-4-15-2-5-16(6-3-15)28(30)31/h2-9,14H,10-13H2,1H3,(H,25,29)/b9-4+. The predicted molar refractivity (Wildman–Crippen MR) is 112 cm³/mol. The second-order valence-corrected chi connectivity index (χ2v) is 7.19. The summed E-state index contributed by atoms with van der Waals surface area (Å²) in [6.07, 6.45) is -2.19. The van der Waals surface area contributed by atoms with Gasteiger partial charge in [-0.3, -0.25) is 14.9 Å². The van der Waals surface area contributed by atoms with Gasteiger partial charge in [-0.05, 0) is 49.0 Å². The Labute approximate surface area is 176 Å². The zero-order valence-electron chi connectivity index (χ0n) is 16.7. The van der Waals surface area contributed by atoms with E-state index in [1.54, 1.807) is 6.07 Å². The third-order valence-electron chi connectivity index (χ3n) is 4.97. The van der Waals surface area contributed by atoms with Gasteiger partial charge in [0.05, 0.1) is 16.2 Å². The minimum Gasteiger partial charge on any atom is -0.369 e. The molecule has 2 aromatic carbocycles. The zero-order chi connectivity index (χ0) is 22.6. The van der Waals surface area contributed by atoms with Crippen LogP contribution in [0, 0.1) is 10.1 Å². The van der Waals surface area contributed by atoms with Crippen LogP contribution < -0.4 is 10.2 Å². The van der Waals surface area contributed by atoms with Crippen LogP contribution in [-0.4, -0.2) is 49.0 Å². The van der Waals surface area contributed by atoms with Crippen molar-refractivity contribution in [3.05, 3.63) is 69.8 Å². The van der Waals surface area contributed by atoms with E-state index in [1.807, 2.05) is 11.9 Å². The van der Waals surface area contributed by atoms with Gasteiger partial charge in [0.2, 0.25) is 5.91 Å². The lowest BCUT2D eigenvalue weighted by Gasteiger charge is -2.34. The Kier molecular flexibility index (Phi) is 6.59. The zero-order valence-corrected chi connectivity index (χ0v) is 16.7. The first-order valence-corrected chi connectivity index (χ1v) is 9.52. The Morgan fingerprint density at radius 3 is 2.32 bits per heavy atom. The predicted octanol–water partition coefficient (Wildman–Crippen LogP) is 4.02. The average molecular weight is 434 g/mol. The number of nitro benzene ring substituents is 1. The molecule has 0 aromatic heterocycles. The molecule has 0 spiro atoms. The van der Waals surface area contributed by atoms with Gasteiger partial charge in [-0.25, -0.2) is 0 Å². The normalized spacial score (nSPS) is 15.3. The number of carbonyl (C=O) groups excluding carboxylic acids is 1. The van der Waals surface area contributed by atoms with Crippen molar-refractivity contribution >= 4 is 29.0 Å². The number of alkyl halides is 3. The summed E-state index contributed by atoms with van der Waals surface area (Å²) in [5, 5.41) is 12.9. The van der Waals surface area contributed by atoms with Gasteiger partial charge in [-0.2, -0.15) is 13.2 Å². The quantitative estimate of drug-likeness (QED) is 0.437. The lowest BCUT2D eigenvalue weighted by atomic mass is 10.1. The summed E-state index contributed by atoms with van der Waals surface area (Å²) in [5.41, 5.74) is -0.386. The number of halogens is 3. The van der Waals surface area contributed by atoms with Crippen LogP contribution in [0.4, 0.5) is 30.2 Å². The van der Waals surface area contributed by atoms with Crippen LogP contribution in [0.15, 0.2) is 48.5 Å². The molecule has 0 saturated carbocycles. The summed E-state index contributed by atoms with van der Waals surface area (Å²) >= 11 is 0. The molecule has 2 aromatic rings. The van der Waals surface area contributed by atoms with Crippen molar-refractivity contribution in [3.8, 4) is 0 Å². The second-order valence-electron chi connectivity index (χ2n) is 7.19. The Balaban J connectivity index is 1.75. The van der Waals surface area contributed by atoms with E-state index < -0.39 is 22.6 Å². The Morgan fingerprint density at radius 1 is 1.10 bits per heavy atom. The molecule has 1 saturated heterocycles. The van der Waals surface area contributed by atoms with E-state index in [0.29, 0.717) is 24.3 Å². The summed E-state index contributed by atoms with van der Waals surface area (Å²) in [4.78, 5) is 26.3. The number of amides is 1. The van der Waals surface area contributed by atoms with Crippen LogP contribution in [0.5, 0.6) is 0 Å². The van der Waals surface area contributed by atoms with Crippen molar-refractivity contribution in [2.24, 2.45) is 0 Å². The Bertz CT molecular complexity index is 982. The highest BCUT2D eigenvalue weighted by atomic mass is 19.4. The summed E-state index contributed by atoms with van der Waals surface area (Å²) in [6.45, 7) is 2.76. The molecule has 0 bridgehead atoms. The summed E-state index contributed by atoms with van der Waals surface area (Å²) in [5.74, 6) is -0.740. The molecular weight excluding hydrogens is 413 g/mol. The number of carbonyl (C=O) groups is 1. The van der Waals surface area contributed by atoms with Crippen LogP contribution in [0.25, 0.3) is 6.08 Å². The van der Waals surface area contributed by atoms with Crippen LogP contribution in [0.2, 0.25) is 0 Å². The molecule has 0 radical (unpaired) electrons. The number of nitrogens with one attached hydrogen (secondary N) is 1. The molecule has 7 nitrogen and oxygen atoms in total. The smallest absolute Gasteiger partial charge is 0.369 e. The van der Waals surface area contributed by atoms with Crippen LogP contribution >= 0.6 is 0 Å². The van der Waals surface area contributed by atoms with E-state index in [2.05, 4.69) is 10.2 Å². The molecule has 1 N–H and O–H groups in total. The molecule has 3 rings (SSSR count). The third-order valence-corrected chi connectivity index (χ3v) is 4.97. The van der Waals surface area contributed by atoms with Crippen molar-refractivity contribution in [1.29, 1.82) is 0 Å². The molecule has 10 heteroatoms. The van der Waals surface area contributed by atoms with E-state index in [0.717, 1.165) is 25.2 Å². The maximum atomic E-state index is 13.6. The van der Waals surface area contributed by atoms with Crippen molar-refractivity contribution in [1.82, 2.24) is 4.90 Å². The van der Waals surface area contributed by atoms with Gasteiger partial charge in [0.25, 0.3) is 5.69 Å². The number of benzene rings is 2. The molecule has 164 valence electrons. The van der Waals surface area contributed by atoms with E-state index in [4.69, 9.17) is 0 Å². The van der Waals surface area contributed by atoms with Gasteiger partial charge >= 0.3 is 6.18 Å². The van der Waals surface area contributed by atoms with Crippen LogP contribution in [0.1, 0.15) is 11.1 Å². The van der Waals surface area contributed by atoms with Gasteiger partial charge in [-0.1, -0.05) is 0 Å². The highest BCUT2D eigenvalue weighted by Gasteiger charge is 2.34. The number of anilines is 2. The lowest BCUT2D eigenvalue weighted by molar-refractivity contribution is -0.384. The number of hydrogen-bond donors (Lipinski definition) is 1. The summed E-state index contributed by atoms with van der Waals surface area (Å²) in [6, 6.07) is 9.31. The minimum atomic E-state index is -4.63. The van der Waals surface area contributed by atoms with Crippen molar-refractivity contribution in [2.75, 3.05) is 43.4 Å². The van der Waals surface area contributed by atoms with E-state index in [1.165, 1.54) is 36.4 Å². The minimum absolute atomic E-state index is 0.100. The van der Waals surface area contributed by atoms with Crippen LogP contribution in [-0.2, 0) is 11.0 Å². The van der Waals surface area contributed by atoms with Gasteiger partial charge < -0.3 is 15.1 Å². The fourth-order valence-electron chi connectivity index (χ4n) is 3.19. The first-order valence-electron chi connectivity index (χ1n) is 9.52. The molecule has 0 atom stereocenters. The number of rotatable bonds is 5.